The van der Waals surface area contributed by atoms with E-state index in [1.165, 1.54) is 4.31 Å². The molecule has 0 fully saturated rings. The van der Waals surface area contributed by atoms with Gasteiger partial charge in [0.15, 0.2) is 0 Å². The summed E-state index contributed by atoms with van der Waals surface area (Å²) in [4.78, 5) is 16.4. The number of likely N-dealkylation sites (N-methyl/N-ethyl adjacent to an activating group) is 1. The van der Waals surface area contributed by atoms with Gasteiger partial charge in [-0.1, -0.05) is 67.6 Å². The van der Waals surface area contributed by atoms with E-state index in [0.717, 1.165) is 27.6 Å². The highest BCUT2D eigenvalue weighted by atomic mass is 32.2. The van der Waals surface area contributed by atoms with E-state index in [9.17, 15) is 18.3 Å². The van der Waals surface area contributed by atoms with Crippen LogP contribution in [0.25, 0.3) is 22.0 Å². The van der Waals surface area contributed by atoms with Crippen molar-refractivity contribution in [3.8, 4) is 11.1 Å². The van der Waals surface area contributed by atoms with E-state index in [-0.39, 0.29) is 43.0 Å². The molecule has 0 saturated carbocycles. The fourth-order valence-corrected chi connectivity index (χ4v) is 7.30. The van der Waals surface area contributed by atoms with Gasteiger partial charge in [0.25, 0.3) is 5.91 Å². The highest BCUT2D eigenvalue weighted by Crippen LogP contribution is 2.38. The number of para-hydroxylation sites is 1. The maximum atomic E-state index is 14.5. The monoisotopic (exact) mass is 589 g/mol. The first-order chi connectivity index (χ1) is 20.1. The van der Waals surface area contributed by atoms with Crippen LogP contribution in [-0.2, 0) is 28.4 Å². The number of aliphatic hydroxyl groups excluding tert-OH is 1. The normalized spacial score (nSPS) is 18.9. The highest BCUT2D eigenvalue weighted by molar-refractivity contribution is 7.89. The first-order valence-electron chi connectivity index (χ1n) is 14.3. The number of aryl methyl sites for hydroxylation is 2. The Morgan fingerprint density at radius 2 is 1.71 bits per heavy atom. The molecule has 1 aliphatic heterocycles. The van der Waals surface area contributed by atoms with Crippen molar-refractivity contribution in [3.63, 3.8) is 0 Å². The summed E-state index contributed by atoms with van der Waals surface area (Å²) in [5.74, 6) is -0.436. The zero-order valence-electron chi connectivity index (χ0n) is 24.8. The van der Waals surface area contributed by atoms with Gasteiger partial charge < -0.3 is 19.3 Å². The number of nitrogens with zero attached hydrogens (tertiary/aromatic N) is 3. The third-order valence-corrected chi connectivity index (χ3v) is 10.4. The number of rotatable bonds is 6. The summed E-state index contributed by atoms with van der Waals surface area (Å²) < 4.78 is 37.0. The van der Waals surface area contributed by atoms with Crippen LogP contribution in [0.1, 0.15) is 35.5 Å². The van der Waals surface area contributed by atoms with Crippen molar-refractivity contribution < 1.29 is 23.1 Å². The molecule has 5 rings (SSSR count). The molecule has 3 aromatic carbocycles. The molecule has 3 atom stereocenters. The van der Waals surface area contributed by atoms with Gasteiger partial charge >= 0.3 is 0 Å². The maximum absolute atomic E-state index is 14.5. The minimum absolute atomic E-state index is 0.103. The number of aliphatic hydroxyl groups is 1. The molecule has 0 aliphatic carbocycles. The Balaban J connectivity index is 1.61. The van der Waals surface area contributed by atoms with E-state index in [4.69, 9.17) is 4.74 Å². The molecule has 1 N–H and O–H groups in total. The average Bonchev–Trinajstić information content (AvgIpc) is 3.28. The molecule has 8 nitrogen and oxygen atoms in total. The second kappa shape index (κ2) is 12.0. The minimum atomic E-state index is -3.78. The molecule has 0 bridgehead atoms. The molecule has 0 unspecified atom stereocenters. The van der Waals surface area contributed by atoms with Gasteiger partial charge in [-0.2, -0.15) is 4.31 Å². The number of benzene rings is 3. The number of carbonyl (C=O) groups is 1. The molecular weight excluding hydrogens is 550 g/mol. The van der Waals surface area contributed by atoms with Gasteiger partial charge in [0.2, 0.25) is 10.0 Å². The van der Waals surface area contributed by atoms with Crippen LogP contribution >= 0.6 is 0 Å². The first-order valence-corrected chi connectivity index (χ1v) is 15.7. The fourth-order valence-electron chi connectivity index (χ4n) is 5.89. The van der Waals surface area contributed by atoms with Gasteiger partial charge in [0.05, 0.1) is 30.3 Å². The second-order valence-electron chi connectivity index (χ2n) is 11.3. The quantitative estimate of drug-likeness (QED) is 0.348. The molecule has 9 heteroatoms. The SMILES string of the molecule is Cc1ccccc1S(=O)(=O)N(C)C[C@H]1OCc2ccccc2-c2c(n(C)c3ccccc23)C(=O)N([C@H](C)CO)C[C@H]1C. The number of hydrogen-bond donors (Lipinski definition) is 1. The van der Waals surface area contributed by atoms with Gasteiger partial charge in [-0.15, -0.1) is 0 Å². The van der Waals surface area contributed by atoms with Gasteiger partial charge in [0, 0.05) is 49.6 Å². The van der Waals surface area contributed by atoms with E-state index in [1.54, 1.807) is 37.1 Å². The highest BCUT2D eigenvalue weighted by Gasteiger charge is 2.35. The summed E-state index contributed by atoms with van der Waals surface area (Å²) in [5, 5.41) is 11.2. The first kappa shape index (κ1) is 30.0. The zero-order chi connectivity index (χ0) is 30.2. The van der Waals surface area contributed by atoms with E-state index in [2.05, 4.69) is 0 Å². The minimum Gasteiger partial charge on any atom is -0.394 e. The van der Waals surface area contributed by atoms with E-state index < -0.39 is 22.2 Å². The van der Waals surface area contributed by atoms with Crippen LogP contribution in [-0.4, -0.2) is 72.1 Å². The molecule has 4 aromatic rings. The lowest BCUT2D eigenvalue weighted by atomic mass is 9.96. The standard InChI is InChI=1S/C33H39N3O5S/c1-22-12-6-11-17-30(22)42(39,40)34(4)19-29-23(2)18-36(24(3)20-37)33(38)32-31(26-14-8-7-13-25(26)21-41-29)27-15-9-10-16-28(27)35(32)5/h6-17,23-24,29,37H,18-21H2,1-5H3/t23-,24-,29-/m1/s1. The van der Waals surface area contributed by atoms with Crippen LogP contribution in [0.5, 0.6) is 0 Å². The molecule has 0 spiro atoms. The Bertz CT molecular complexity index is 1710. The predicted octanol–water partition coefficient (Wildman–Crippen LogP) is 4.83. The van der Waals surface area contributed by atoms with E-state index in [0.29, 0.717) is 11.3 Å². The van der Waals surface area contributed by atoms with Gasteiger partial charge in [-0.05, 0) is 42.7 Å². The molecule has 1 aliphatic rings. The molecule has 0 radical (unpaired) electrons. The lowest BCUT2D eigenvalue weighted by Gasteiger charge is -2.35. The summed E-state index contributed by atoms with van der Waals surface area (Å²) in [5.41, 5.74) is 4.80. The molecule has 42 heavy (non-hydrogen) atoms. The van der Waals surface area contributed by atoms with Crippen molar-refractivity contribution in [1.29, 1.82) is 0 Å². The number of aromatic nitrogens is 1. The van der Waals surface area contributed by atoms with Crippen molar-refractivity contribution in [2.45, 2.75) is 44.4 Å². The molecule has 222 valence electrons. The zero-order valence-corrected chi connectivity index (χ0v) is 25.6. The summed E-state index contributed by atoms with van der Waals surface area (Å²) in [6.45, 7) is 6.00. The summed E-state index contributed by atoms with van der Waals surface area (Å²) >= 11 is 0. The average molecular weight is 590 g/mol. The largest absolute Gasteiger partial charge is 0.394 e. The Labute approximate surface area is 248 Å². The smallest absolute Gasteiger partial charge is 0.271 e. The predicted molar refractivity (Wildman–Crippen MR) is 165 cm³/mol. The number of fused-ring (bicyclic) bond motifs is 5. The lowest BCUT2D eigenvalue weighted by molar-refractivity contribution is -0.0147. The van der Waals surface area contributed by atoms with Crippen molar-refractivity contribution in [2.24, 2.45) is 13.0 Å². The number of sulfonamides is 1. The Morgan fingerprint density at radius 3 is 2.45 bits per heavy atom. The van der Waals surface area contributed by atoms with Gasteiger partial charge in [0.1, 0.15) is 5.69 Å². The second-order valence-corrected chi connectivity index (χ2v) is 13.3. The van der Waals surface area contributed by atoms with Crippen molar-refractivity contribution in [3.05, 3.63) is 89.6 Å². The van der Waals surface area contributed by atoms with E-state index >= 15 is 0 Å². The maximum Gasteiger partial charge on any atom is 0.271 e. The topological polar surface area (TPSA) is 92.1 Å². The Kier molecular flexibility index (Phi) is 8.57. The van der Waals surface area contributed by atoms with Crippen LogP contribution in [0, 0.1) is 12.8 Å². The number of hydrogen-bond acceptors (Lipinski definition) is 5. The Morgan fingerprint density at radius 1 is 1.05 bits per heavy atom. The van der Waals surface area contributed by atoms with Gasteiger partial charge in [-0.25, -0.2) is 8.42 Å². The Hall–Kier alpha value is -3.50. The van der Waals surface area contributed by atoms with Gasteiger partial charge in [-0.3, -0.25) is 4.79 Å². The van der Waals surface area contributed by atoms with Crippen molar-refractivity contribution in [1.82, 2.24) is 13.8 Å². The van der Waals surface area contributed by atoms with E-state index in [1.807, 2.05) is 80.1 Å². The summed E-state index contributed by atoms with van der Waals surface area (Å²) in [6, 6.07) is 22.3. The lowest BCUT2D eigenvalue weighted by Crippen LogP contribution is -2.48. The molecule has 1 amide bonds. The number of carbonyl (C=O) groups excluding carboxylic acids is 1. The molecule has 2 heterocycles. The van der Waals surface area contributed by atoms with Crippen molar-refractivity contribution in [2.75, 3.05) is 26.7 Å². The van der Waals surface area contributed by atoms with Crippen LogP contribution in [0.2, 0.25) is 0 Å². The molecular formula is C33H39N3O5S. The van der Waals surface area contributed by atoms with Crippen LogP contribution in [0.15, 0.2) is 77.7 Å². The fraction of sp³-hybridized carbons (Fsp3) is 0.364. The molecule has 1 aromatic heterocycles. The third kappa shape index (κ3) is 5.38. The number of ether oxygens (including phenoxy) is 1. The summed E-state index contributed by atoms with van der Waals surface area (Å²) in [6.07, 6.45) is -0.527. The van der Waals surface area contributed by atoms with Crippen LogP contribution in [0.4, 0.5) is 0 Å². The van der Waals surface area contributed by atoms with Crippen molar-refractivity contribution >= 4 is 26.8 Å². The third-order valence-electron chi connectivity index (χ3n) is 8.44. The molecule has 0 saturated heterocycles. The van der Waals surface area contributed by atoms with Crippen LogP contribution < -0.4 is 0 Å². The van der Waals surface area contributed by atoms with Crippen LogP contribution in [0.3, 0.4) is 0 Å². The summed E-state index contributed by atoms with van der Waals surface area (Å²) in [7, 11) is -0.310. The number of amides is 1.